The number of carbonyl (C=O) groups is 2. The molecule has 0 N–H and O–H groups in total. The molecule has 2 aliphatic rings. The second kappa shape index (κ2) is 8.92. The summed E-state index contributed by atoms with van der Waals surface area (Å²) in [5.74, 6) is 0.241. The Morgan fingerprint density at radius 1 is 1.07 bits per heavy atom. The normalized spacial score (nSPS) is 15.8. The van der Waals surface area contributed by atoms with Gasteiger partial charge in [-0.25, -0.2) is 0 Å². The number of carbonyl (C=O) groups excluding carboxylic acids is 2. The van der Waals surface area contributed by atoms with E-state index >= 15 is 0 Å². The van der Waals surface area contributed by atoms with Crippen molar-refractivity contribution in [3.8, 4) is 0 Å². The third-order valence-electron chi connectivity index (χ3n) is 5.58. The summed E-state index contributed by atoms with van der Waals surface area (Å²) in [5.41, 5.74) is 1.71. The topological polar surface area (TPSA) is 62.6 Å². The van der Waals surface area contributed by atoms with E-state index in [9.17, 15) is 14.4 Å². The van der Waals surface area contributed by atoms with Crippen molar-refractivity contribution in [2.45, 2.75) is 24.3 Å². The number of hydrogen-bond acceptors (Lipinski definition) is 4. The second-order valence-electron chi connectivity index (χ2n) is 7.60. The first-order valence-corrected chi connectivity index (χ1v) is 11.1. The third kappa shape index (κ3) is 4.21. The summed E-state index contributed by atoms with van der Waals surface area (Å²) in [7, 11) is 1.67. The lowest BCUT2D eigenvalue weighted by Gasteiger charge is -2.31. The number of aromatic nitrogens is 1. The number of fused-ring (bicyclic) bond motifs is 1. The number of aryl methyl sites for hydroxylation is 1. The fraction of sp³-hybridized carbons (Fsp3) is 0.348. The number of pyridine rings is 1. The van der Waals surface area contributed by atoms with E-state index in [2.05, 4.69) is 6.08 Å². The minimum Gasteiger partial charge on any atom is -0.337 e. The van der Waals surface area contributed by atoms with Crippen molar-refractivity contribution < 1.29 is 9.59 Å². The van der Waals surface area contributed by atoms with Gasteiger partial charge in [-0.05, 0) is 36.1 Å². The molecular formula is C23H25N3O3S. The monoisotopic (exact) mass is 423 g/mol. The predicted molar refractivity (Wildman–Crippen MR) is 118 cm³/mol. The Morgan fingerprint density at radius 3 is 2.60 bits per heavy atom. The van der Waals surface area contributed by atoms with Crippen LogP contribution in [0.2, 0.25) is 0 Å². The molecule has 156 valence electrons. The quantitative estimate of drug-likeness (QED) is 0.560. The molecular weight excluding hydrogens is 398 g/mol. The first-order valence-electron chi connectivity index (χ1n) is 10.2. The second-order valence-corrected chi connectivity index (χ2v) is 8.65. The molecule has 0 aliphatic carbocycles. The Labute approximate surface area is 180 Å². The van der Waals surface area contributed by atoms with Gasteiger partial charge in [-0.1, -0.05) is 30.4 Å². The molecule has 0 saturated heterocycles. The number of thioether (sulfide) groups is 1. The first kappa shape index (κ1) is 20.5. The van der Waals surface area contributed by atoms with Gasteiger partial charge in [0.2, 0.25) is 5.91 Å². The highest BCUT2D eigenvalue weighted by atomic mass is 32.2. The summed E-state index contributed by atoms with van der Waals surface area (Å²) in [6, 6.07) is 9.86. The number of amides is 2. The van der Waals surface area contributed by atoms with E-state index in [-0.39, 0.29) is 22.9 Å². The highest BCUT2D eigenvalue weighted by molar-refractivity contribution is 8.00. The molecule has 4 rings (SSSR count). The van der Waals surface area contributed by atoms with Crippen LogP contribution in [0.1, 0.15) is 27.9 Å². The SMILES string of the molecule is Cn1cc2c(c(C(=O)N3CC=CCC3)c1=O)CCN(C(=O)CSc1ccccc1)C2. The zero-order chi connectivity index (χ0) is 21.1. The Bertz CT molecular complexity index is 1050. The molecule has 0 radical (unpaired) electrons. The van der Waals surface area contributed by atoms with Crippen molar-refractivity contribution in [2.75, 3.05) is 25.4 Å². The summed E-state index contributed by atoms with van der Waals surface area (Å²) in [6.07, 6.45) is 7.13. The Balaban J connectivity index is 1.53. The van der Waals surface area contributed by atoms with Crippen LogP contribution in [-0.4, -0.2) is 51.6 Å². The summed E-state index contributed by atoms with van der Waals surface area (Å²) in [6.45, 7) is 2.11. The van der Waals surface area contributed by atoms with E-state index in [0.717, 1.165) is 22.4 Å². The maximum Gasteiger partial charge on any atom is 0.263 e. The molecule has 1 aromatic carbocycles. The van der Waals surface area contributed by atoms with Crippen LogP contribution in [-0.2, 0) is 24.8 Å². The van der Waals surface area contributed by atoms with Gasteiger partial charge < -0.3 is 14.4 Å². The van der Waals surface area contributed by atoms with E-state index in [1.165, 1.54) is 16.3 Å². The van der Waals surface area contributed by atoms with Crippen molar-refractivity contribution in [3.05, 3.63) is 75.7 Å². The van der Waals surface area contributed by atoms with Crippen LogP contribution in [0.4, 0.5) is 0 Å². The zero-order valence-electron chi connectivity index (χ0n) is 17.0. The van der Waals surface area contributed by atoms with Gasteiger partial charge in [0.05, 0.1) is 5.75 Å². The predicted octanol–water partition coefficient (Wildman–Crippen LogP) is 2.46. The Kier molecular flexibility index (Phi) is 6.08. The molecule has 30 heavy (non-hydrogen) atoms. The molecule has 0 spiro atoms. The Morgan fingerprint density at radius 2 is 1.87 bits per heavy atom. The molecule has 2 aromatic rings. The van der Waals surface area contributed by atoms with Gasteiger partial charge >= 0.3 is 0 Å². The van der Waals surface area contributed by atoms with Crippen molar-refractivity contribution >= 4 is 23.6 Å². The van der Waals surface area contributed by atoms with Crippen molar-refractivity contribution in [1.82, 2.24) is 14.4 Å². The van der Waals surface area contributed by atoms with Gasteiger partial charge in [0.1, 0.15) is 5.56 Å². The average molecular weight is 424 g/mol. The van der Waals surface area contributed by atoms with Crippen molar-refractivity contribution in [3.63, 3.8) is 0 Å². The third-order valence-corrected chi connectivity index (χ3v) is 6.58. The van der Waals surface area contributed by atoms with E-state index in [0.29, 0.717) is 38.4 Å². The Hall–Kier alpha value is -2.80. The van der Waals surface area contributed by atoms with Gasteiger partial charge in [0.25, 0.3) is 11.5 Å². The van der Waals surface area contributed by atoms with Crippen LogP contribution in [0, 0.1) is 0 Å². The number of nitrogens with zero attached hydrogens (tertiary/aromatic N) is 3. The van der Waals surface area contributed by atoms with Gasteiger partial charge in [-0.3, -0.25) is 14.4 Å². The standard InChI is InChI=1S/C23H25N3O3S/c1-24-14-17-15-26(20(27)16-30-18-8-4-2-5-9-18)13-10-19(17)21(22(24)28)23(29)25-11-6-3-7-12-25/h2-6,8-9,14H,7,10-13,15-16H2,1H3. The maximum absolute atomic E-state index is 13.1. The van der Waals surface area contributed by atoms with E-state index in [1.54, 1.807) is 18.1 Å². The van der Waals surface area contributed by atoms with E-state index in [1.807, 2.05) is 41.3 Å². The smallest absolute Gasteiger partial charge is 0.263 e. The minimum absolute atomic E-state index is 0.0670. The summed E-state index contributed by atoms with van der Waals surface area (Å²) in [5, 5.41) is 0. The lowest BCUT2D eigenvalue weighted by atomic mass is 9.95. The molecule has 6 nitrogen and oxygen atoms in total. The molecule has 2 aliphatic heterocycles. The van der Waals surface area contributed by atoms with Crippen LogP contribution in [0.25, 0.3) is 0 Å². The largest absolute Gasteiger partial charge is 0.337 e. The molecule has 7 heteroatoms. The number of rotatable bonds is 4. The molecule has 1 aromatic heterocycles. The molecule has 3 heterocycles. The lowest BCUT2D eigenvalue weighted by molar-refractivity contribution is -0.129. The van der Waals surface area contributed by atoms with E-state index in [4.69, 9.17) is 0 Å². The molecule has 0 fully saturated rings. The summed E-state index contributed by atoms with van der Waals surface area (Å²) in [4.78, 5) is 43.3. The highest BCUT2D eigenvalue weighted by Gasteiger charge is 2.29. The van der Waals surface area contributed by atoms with Gasteiger partial charge in [0.15, 0.2) is 0 Å². The molecule has 2 amide bonds. The number of hydrogen-bond donors (Lipinski definition) is 0. The average Bonchev–Trinajstić information content (AvgIpc) is 2.79. The van der Waals surface area contributed by atoms with Crippen LogP contribution in [0.5, 0.6) is 0 Å². The van der Waals surface area contributed by atoms with Crippen molar-refractivity contribution in [1.29, 1.82) is 0 Å². The van der Waals surface area contributed by atoms with Gasteiger partial charge in [-0.2, -0.15) is 0 Å². The van der Waals surface area contributed by atoms with Gasteiger partial charge in [-0.15, -0.1) is 11.8 Å². The van der Waals surface area contributed by atoms with Gasteiger partial charge in [0, 0.05) is 44.3 Å². The molecule has 0 atom stereocenters. The summed E-state index contributed by atoms with van der Waals surface area (Å²) < 4.78 is 1.47. The molecule has 0 bridgehead atoms. The van der Waals surface area contributed by atoms with Crippen LogP contribution in [0.15, 0.2) is 58.4 Å². The molecule has 0 unspecified atom stereocenters. The molecule has 0 saturated carbocycles. The van der Waals surface area contributed by atoms with Crippen LogP contribution in [0.3, 0.4) is 0 Å². The van der Waals surface area contributed by atoms with Crippen LogP contribution >= 0.6 is 11.8 Å². The minimum atomic E-state index is -0.257. The number of benzene rings is 1. The fourth-order valence-electron chi connectivity index (χ4n) is 3.96. The fourth-order valence-corrected chi connectivity index (χ4v) is 4.78. The first-order chi connectivity index (χ1) is 14.5. The maximum atomic E-state index is 13.1. The van der Waals surface area contributed by atoms with Crippen LogP contribution < -0.4 is 5.56 Å². The highest BCUT2D eigenvalue weighted by Crippen LogP contribution is 2.24. The summed E-state index contributed by atoms with van der Waals surface area (Å²) >= 11 is 1.52. The van der Waals surface area contributed by atoms with Crippen molar-refractivity contribution in [2.24, 2.45) is 7.05 Å². The lowest BCUT2D eigenvalue weighted by Crippen LogP contribution is -2.43. The van der Waals surface area contributed by atoms with E-state index < -0.39 is 0 Å². The zero-order valence-corrected chi connectivity index (χ0v) is 17.9.